The van der Waals surface area contributed by atoms with Gasteiger partial charge in [0.2, 0.25) is 5.91 Å². The SMILES string of the molecule is C[C@H]1C[C@@H](C(=O)N(C)Cc2csc3ccccc23)CCN1. The molecular formula is C17H22N2OS. The number of carbonyl (C=O) groups excluding carboxylic acids is 1. The van der Waals surface area contributed by atoms with Crippen molar-refractivity contribution < 1.29 is 4.79 Å². The third-order valence-corrected chi connectivity index (χ3v) is 5.33. The van der Waals surface area contributed by atoms with E-state index in [1.165, 1.54) is 15.6 Å². The van der Waals surface area contributed by atoms with Crippen LogP contribution < -0.4 is 5.32 Å². The second kappa shape index (κ2) is 6.16. The predicted octanol–water partition coefficient (Wildman–Crippen LogP) is 3.25. The van der Waals surface area contributed by atoms with Crippen LogP contribution in [0.1, 0.15) is 25.3 Å². The van der Waals surface area contributed by atoms with E-state index in [1.807, 2.05) is 11.9 Å². The summed E-state index contributed by atoms with van der Waals surface area (Å²) in [6.45, 7) is 3.82. The smallest absolute Gasteiger partial charge is 0.225 e. The average molecular weight is 302 g/mol. The molecule has 0 bridgehead atoms. The Morgan fingerprint density at radius 1 is 1.43 bits per heavy atom. The summed E-state index contributed by atoms with van der Waals surface area (Å²) in [6, 6.07) is 8.86. The molecule has 3 nitrogen and oxygen atoms in total. The van der Waals surface area contributed by atoms with Crippen LogP contribution >= 0.6 is 11.3 Å². The number of benzene rings is 1. The molecule has 1 aromatic carbocycles. The number of nitrogens with zero attached hydrogens (tertiary/aromatic N) is 1. The molecule has 4 heteroatoms. The third-order valence-electron chi connectivity index (χ3n) is 4.32. The lowest BCUT2D eigenvalue weighted by Gasteiger charge is -2.30. The van der Waals surface area contributed by atoms with Crippen LogP contribution in [0.15, 0.2) is 29.6 Å². The molecule has 1 aliphatic heterocycles. The van der Waals surface area contributed by atoms with E-state index in [0.717, 1.165) is 19.4 Å². The number of amides is 1. The van der Waals surface area contributed by atoms with Gasteiger partial charge in [0.25, 0.3) is 0 Å². The van der Waals surface area contributed by atoms with Crippen LogP contribution in [0.5, 0.6) is 0 Å². The number of fused-ring (bicyclic) bond motifs is 1. The first kappa shape index (κ1) is 14.5. The predicted molar refractivity (Wildman–Crippen MR) is 88.5 cm³/mol. The number of carbonyl (C=O) groups is 1. The van der Waals surface area contributed by atoms with E-state index in [1.54, 1.807) is 11.3 Å². The van der Waals surface area contributed by atoms with Gasteiger partial charge in [-0.15, -0.1) is 11.3 Å². The summed E-state index contributed by atoms with van der Waals surface area (Å²) in [5, 5.41) is 6.87. The second-order valence-corrected chi connectivity index (χ2v) is 6.94. The molecule has 1 saturated heterocycles. The number of hydrogen-bond acceptors (Lipinski definition) is 3. The van der Waals surface area contributed by atoms with E-state index >= 15 is 0 Å². The number of hydrogen-bond donors (Lipinski definition) is 1. The molecule has 0 radical (unpaired) electrons. The summed E-state index contributed by atoms with van der Waals surface area (Å²) in [4.78, 5) is 14.5. The Morgan fingerprint density at radius 2 is 2.24 bits per heavy atom. The molecule has 1 N–H and O–H groups in total. The summed E-state index contributed by atoms with van der Waals surface area (Å²) >= 11 is 1.76. The third kappa shape index (κ3) is 3.11. The second-order valence-electron chi connectivity index (χ2n) is 6.03. The molecule has 1 aromatic heterocycles. The maximum atomic E-state index is 12.6. The molecule has 0 saturated carbocycles. The first-order chi connectivity index (χ1) is 10.1. The van der Waals surface area contributed by atoms with E-state index in [9.17, 15) is 4.79 Å². The molecule has 2 atom stereocenters. The fourth-order valence-electron chi connectivity index (χ4n) is 3.16. The lowest BCUT2D eigenvalue weighted by Crippen LogP contribution is -2.42. The van der Waals surface area contributed by atoms with E-state index in [-0.39, 0.29) is 5.92 Å². The topological polar surface area (TPSA) is 32.3 Å². The van der Waals surface area contributed by atoms with Crippen molar-refractivity contribution in [1.82, 2.24) is 10.2 Å². The van der Waals surface area contributed by atoms with Gasteiger partial charge in [-0.3, -0.25) is 4.79 Å². The molecule has 0 aliphatic carbocycles. The lowest BCUT2D eigenvalue weighted by atomic mass is 9.92. The minimum absolute atomic E-state index is 0.177. The van der Waals surface area contributed by atoms with Gasteiger partial charge in [0.1, 0.15) is 0 Å². The summed E-state index contributed by atoms with van der Waals surface area (Å²) in [6.07, 6.45) is 1.91. The zero-order chi connectivity index (χ0) is 14.8. The summed E-state index contributed by atoms with van der Waals surface area (Å²) < 4.78 is 1.30. The van der Waals surface area contributed by atoms with Crippen molar-refractivity contribution in [3.05, 3.63) is 35.2 Å². The Labute approximate surface area is 130 Å². The van der Waals surface area contributed by atoms with Crippen LogP contribution in [0.2, 0.25) is 0 Å². The highest BCUT2D eigenvalue weighted by Crippen LogP contribution is 2.27. The largest absolute Gasteiger partial charge is 0.341 e. The minimum Gasteiger partial charge on any atom is -0.341 e. The van der Waals surface area contributed by atoms with Gasteiger partial charge >= 0.3 is 0 Å². The van der Waals surface area contributed by atoms with Gasteiger partial charge < -0.3 is 10.2 Å². The number of nitrogens with one attached hydrogen (secondary N) is 1. The van der Waals surface area contributed by atoms with Crippen molar-refractivity contribution in [2.75, 3.05) is 13.6 Å². The van der Waals surface area contributed by atoms with Crippen molar-refractivity contribution in [3.8, 4) is 0 Å². The van der Waals surface area contributed by atoms with E-state index in [2.05, 4.69) is 41.9 Å². The molecule has 21 heavy (non-hydrogen) atoms. The zero-order valence-electron chi connectivity index (χ0n) is 12.6. The minimum atomic E-state index is 0.177. The molecule has 3 rings (SSSR count). The van der Waals surface area contributed by atoms with Crippen molar-refractivity contribution in [2.24, 2.45) is 5.92 Å². The van der Waals surface area contributed by atoms with Crippen LogP contribution in [0.25, 0.3) is 10.1 Å². The van der Waals surface area contributed by atoms with Crippen molar-refractivity contribution in [3.63, 3.8) is 0 Å². The molecule has 2 aromatic rings. The summed E-state index contributed by atoms with van der Waals surface area (Å²) in [5.74, 6) is 0.467. The standard InChI is InChI=1S/C17H22N2OS/c1-12-9-13(7-8-18-12)17(20)19(2)10-14-11-21-16-6-4-3-5-15(14)16/h3-6,11-13,18H,7-10H2,1-2H3/t12-,13-/m0/s1. The Hall–Kier alpha value is -1.39. The monoisotopic (exact) mass is 302 g/mol. The van der Waals surface area contributed by atoms with Gasteiger partial charge in [-0.05, 0) is 48.7 Å². The van der Waals surface area contributed by atoms with Crippen molar-refractivity contribution >= 4 is 27.3 Å². The maximum absolute atomic E-state index is 12.6. The molecule has 1 fully saturated rings. The van der Waals surface area contributed by atoms with Crippen LogP contribution in [-0.4, -0.2) is 30.4 Å². The molecule has 2 heterocycles. The lowest BCUT2D eigenvalue weighted by molar-refractivity contribution is -0.135. The highest BCUT2D eigenvalue weighted by Gasteiger charge is 2.27. The van der Waals surface area contributed by atoms with Crippen molar-refractivity contribution in [2.45, 2.75) is 32.4 Å². The Balaban J connectivity index is 1.70. The van der Waals surface area contributed by atoms with Gasteiger partial charge in [0.05, 0.1) is 0 Å². The van der Waals surface area contributed by atoms with Gasteiger partial charge in [0, 0.05) is 30.3 Å². The molecular weight excluding hydrogens is 280 g/mol. The highest BCUT2D eigenvalue weighted by atomic mass is 32.1. The van der Waals surface area contributed by atoms with Crippen LogP contribution in [0.4, 0.5) is 0 Å². The van der Waals surface area contributed by atoms with E-state index in [4.69, 9.17) is 0 Å². The molecule has 1 amide bonds. The van der Waals surface area contributed by atoms with Crippen LogP contribution in [-0.2, 0) is 11.3 Å². The van der Waals surface area contributed by atoms with Crippen LogP contribution in [0.3, 0.4) is 0 Å². The molecule has 112 valence electrons. The molecule has 0 unspecified atom stereocenters. The van der Waals surface area contributed by atoms with Gasteiger partial charge in [0.15, 0.2) is 0 Å². The van der Waals surface area contributed by atoms with E-state index in [0.29, 0.717) is 18.5 Å². The Bertz CT molecular complexity index is 637. The highest BCUT2D eigenvalue weighted by molar-refractivity contribution is 7.17. The van der Waals surface area contributed by atoms with Gasteiger partial charge in [-0.1, -0.05) is 18.2 Å². The normalized spacial score (nSPS) is 22.4. The first-order valence-corrected chi connectivity index (χ1v) is 8.46. The maximum Gasteiger partial charge on any atom is 0.225 e. The number of thiophene rings is 1. The number of rotatable bonds is 3. The first-order valence-electron chi connectivity index (χ1n) is 7.58. The fraction of sp³-hybridized carbons (Fsp3) is 0.471. The summed E-state index contributed by atoms with van der Waals surface area (Å²) in [7, 11) is 1.93. The average Bonchev–Trinajstić information content (AvgIpc) is 2.90. The summed E-state index contributed by atoms with van der Waals surface area (Å²) in [5.41, 5.74) is 1.26. The zero-order valence-corrected chi connectivity index (χ0v) is 13.5. The van der Waals surface area contributed by atoms with Crippen LogP contribution in [0, 0.1) is 5.92 Å². The molecule has 1 aliphatic rings. The Morgan fingerprint density at radius 3 is 3.05 bits per heavy atom. The van der Waals surface area contributed by atoms with Crippen molar-refractivity contribution in [1.29, 1.82) is 0 Å². The van der Waals surface area contributed by atoms with Gasteiger partial charge in [-0.25, -0.2) is 0 Å². The molecule has 0 spiro atoms. The fourth-order valence-corrected chi connectivity index (χ4v) is 4.11. The quantitative estimate of drug-likeness (QED) is 0.944. The Kier molecular flexibility index (Phi) is 4.27. The van der Waals surface area contributed by atoms with Gasteiger partial charge in [-0.2, -0.15) is 0 Å². The number of piperidine rings is 1. The van der Waals surface area contributed by atoms with E-state index < -0.39 is 0 Å².